The van der Waals surface area contributed by atoms with E-state index in [1.807, 2.05) is 18.2 Å². The second kappa shape index (κ2) is 10.8. The van der Waals surface area contributed by atoms with Gasteiger partial charge in [0, 0.05) is 6.61 Å². The van der Waals surface area contributed by atoms with Gasteiger partial charge in [0.05, 0.1) is 6.61 Å². The molecule has 1 rings (SSSR count). The highest BCUT2D eigenvalue weighted by atomic mass is 16.5. The molecule has 0 spiro atoms. The molecule has 3 heteroatoms. The third-order valence-corrected chi connectivity index (χ3v) is 3.33. The lowest BCUT2D eigenvalue weighted by atomic mass is 9.97. The van der Waals surface area contributed by atoms with Crippen molar-refractivity contribution < 1.29 is 14.3 Å². The quantitative estimate of drug-likeness (QED) is 0.355. The van der Waals surface area contributed by atoms with Gasteiger partial charge in [0.2, 0.25) is 0 Å². The molecule has 0 N–H and O–H groups in total. The first-order valence-corrected chi connectivity index (χ1v) is 8.24. The summed E-state index contributed by atoms with van der Waals surface area (Å²) in [6, 6.07) is 5.93. The molecule has 0 radical (unpaired) electrons. The molecule has 0 aliphatic carbocycles. The molecule has 0 aromatic heterocycles. The van der Waals surface area contributed by atoms with Crippen molar-refractivity contribution in [3.8, 4) is 5.75 Å². The predicted octanol–water partition coefficient (Wildman–Crippen LogP) is 4.74. The monoisotopic (exact) mass is 316 g/mol. The Labute approximate surface area is 140 Å². The number of carbonyl (C=O) groups is 1. The van der Waals surface area contributed by atoms with Gasteiger partial charge in [-0.3, -0.25) is 4.79 Å². The number of rotatable bonds is 10. The Morgan fingerprint density at radius 1 is 1.26 bits per heavy atom. The molecule has 0 amide bonds. The lowest BCUT2D eigenvalue weighted by Crippen LogP contribution is -1.99. The van der Waals surface area contributed by atoms with Crippen LogP contribution >= 0.6 is 0 Å². The van der Waals surface area contributed by atoms with Crippen molar-refractivity contribution in [2.75, 3.05) is 19.8 Å². The van der Waals surface area contributed by atoms with E-state index in [0.29, 0.717) is 6.61 Å². The fraction of sp³-hybridized carbons (Fsp3) is 0.450. The Morgan fingerprint density at radius 2 is 2.04 bits per heavy atom. The lowest BCUT2D eigenvalue weighted by molar-refractivity contribution is -0.109. The lowest BCUT2D eigenvalue weighted by Gasteiger charge is -2.11. The van der Waals surface area contributed by atoms with Crippen LogP contribution in [0.15, 0.2) is 35.9 Å². The second-order valence-corrected chi connectivity index (χ2v) is 5.57. The average Bonchev–Trinajstić information content (AvgIpc) is 2.53. The number of aldehydes is 1. The number of allylic oxidation sites excluding steroid dienone is 3. The van der Waals surface area contributed by atoms with E-state index >= 15 is 0 Å². The van der Waals surface area contributed by atoms with E-state index in [-0.39, 0.29) is 6.61 Å². The van der Waals surface area contributed by atoms with Crippen LogP contribution in [-0.2, 0) is 9.53 Å². The summed E-state index contributed by atoms with van der Waals surface area (Å²) in [7, 11) is 0. The molecule has 1 aromatic carbocycles. The molecule has 1 aromatic rings. The summed E-state index contributed by atoms with van der Waals surface area (Å²) < 4.78 is 11.0. The fourth-order valence-corrected chi connectivity index (χ4v) is 2.33. The van der Waals surface area contributed by atoms with E-state index in [2.05, 4.69) is 39.8 Å². The summed E-state index contributed by atoms with van der Waals surface area (Å²) in [6.07, 6.45) is 7.17. The SMILES string of the molecule is CC/C=C(\C=C(\C)COCCC)c1ccc(OCC=O)cc1C. The van der Waals surface area contributed by atoms with E-state index in [4.69, 9.17) is 9.47 Å². The standard InChI is InChI=1S/C20H28O3/c1-5-7-18(13-16(3)15-22-11-6-2)20-9-8-19(14-17(20)4)23-12-10-21/h7-10,13-14H,5-6,11-12,15H2,1-4H3/b16-13-,18-7+. The Morgan fingerprint density at radius 3 is 2.65 bits per heavy atom. The third kappa shape index (κ3) is 6.83. The van der Waals surface area contributed by atoms with Gasteiger partial charge < -0.3 is 9.47 Å². The number of aryl methyl sites for hydroxylation is 1. The highest BCUT2D eigenvalue weighted by Gasteiger charge is 2.05. The first-order chi connectivity index (χ1) is 11.1. The number of hydrogen-bond donors (Lipinski definition) is 0. The van der Waals surface area contributed by atoms with E-state index < -0.39 is 0 Å². The number of benzene rings is 1. The van der Waals surface area contributed by atoms with E-state index in [0.717, 1.165) is 37.0 Å². The molecule has 0 aliphatic rings. The first-order valence-electron chi connectivity index (χ1n) is 8.24. The molecule has 3 nitrogen and oxygen atoms in total. The molecule has 0 atom stereocenters. The van der Waals surface area contributed by atoms with Crippen molar-refractivity contribution in [3.05, 3.63) is 47.1 Å². The molecule has 0 saturated heterocycles. The second-order valence-electron chi connectivity index (χ2n) is 5.57. The molecule has 0 bridgehead atoms. The van der Waals surface area contributed by atoms with Crippen LogP contribution in [0, 0.1) is 6.92 Å². The summed E-state index contributed by atoms with van der Waals surface area (Å²) in [6.45, 7) is 9.94. The predicted molar refractivity (Wildman–Crippen MR) is 95.9 cm³/mol. The zero-order valence-electron chi connectivity index (χ0n) is 14.7. The zero-order valence-corrected chi connectivity index (χ0v) is 14.7. The van der Waals surface area contributed by atoms with Crippen LogP contribution < -0.4 is 4.74 Å². The van der Waals surface area contributed by atoms with Crippen LogP contribution in [-0.4, -0.2) is 26.1 Å². The summed E-state index contributed by atoms with van der Waals surface area (Å²) in [5.74, 6) is 0.723. The van der Waals surface area contributed by atoms with Crippen molar-refractivity contribution in [1.29, 1.82) is 0 Å². The molecule has 0 unspecified atom stereocenters. The van der Waals surface area contributed by atoms with Crippen molar-refractivity contribution in [2.45, 2.75) is 40.5 Å². The largest absolute Gasteiger partial charge is 0.486 e. The van der Waals surface area contributed by atoms with Crippen LogP contribution in [0.3, 0.4) is 0 Å². The maximum Gasteiger partial charge on any atom is 0.157 e. The van der Waals surface area contributed by atoms with Crippen LogP contribution in [0.4, 0.5) is 0 Å². The minimum atomic E-state index is 0.0875. The molecule has 0 fully saturated rings. The van der Waals surface area contributed by atoms with Gasteiger partial charge in [0.25, 0.3) is 0 Å². The van der Waals surface area contributed by atoms with Gasteiger partial charge in [-0.25, -0.2) is 0 Å². The van der Waals surface area contributed by atoms with Crippen molar-refractivity contribution in [3.63, 3.8) is 0 Å². The summed E-state index contributed by atoms with van der Waals surface area (Å²) in [4.78, 5) is 10.4. The maximum atomic E-state index is 10.4. The Bertz CT molecular complexity index is 556. The minimum Gasteiger partial charge on any atom is -0.486 e. The highest BCUT2D eigenvalue weighted by molar-refractivity contribution is 5.77. The van der Waals surface area contributed by atoms with Gasteiger partial charge in [0.1, 0.15) is 12.4 Å². The highest BCUT2D eigenvalue weighted by Crippen LogP contribution is 2.26. The van der Waals surface area contributed by atoms with Gasteiger partial charge in [-0.05, 0) is 61.1 Å². The number of ether oxygens (including phenoxy) is 2. The summed E-state index contributed by atoms with van der Waals surface area (Å²) >= 11 is 0. The van der Waals surface area contributed by atoms with Gasteiger partial charge in [-0.15, -0.1) is 0 Å². The van der Waals surface area contributed by atoms with Gasteiger partial charge >= 0.3 is 0 Å². The van der Waals surface area contributed by atoms with Crippen LogP contribution in [0.2, 0.25) is 0 Å². The zero-order chi connectivity index (χ0) is 17.1. The van der Waals surface area contributed by atoms with E-state index in [1.54, 1.807) is 0 Å². The van der Waals surface area contributed by atoms with Crippen LogP contribution in [0.1, 0.15) is 44.7 Å². The Hall–Kier alpha value is -1.87. The molecule has 126 valence electrons. The Balaban J connectivity index is 2.95. The topological polar surface area (TPSA) is 35.5 Å². The normalized spacial score (nSPS) is 12.3. The smallest absolute Gasteiger partial charge is 0.157 e. The molecule has 23 heavy (non-hydrogen) atoms. The van der Waals surface area contributed by atoms with Gasteiger partial charge in [-0.1, -0.05) is 32.1 Å². The summed E-state index contributed by atoms with van der Waals surface area (Å²) in [5.41, 5.74) is 4.72. The fourth-order valence-electron chi connectivity index (χ4n) is 2.33. The minimum absolute atomic E-state index is 0.0875. The molecule has 0 heterocycles. The number of carbonyl (C=O) groups excluding carboxylic acids is 1. The van der Waals surface area contributed by atoms with Gasteiger partial charge in [0.15, 0.2) is 6.29 Å². The molecule has 0 saturated carbocycles. The molecular formula is C20H28O3. The maximum absolute atomic E-state index is 10.4. The number of hydrogen-bond acceptors (Lipinski definition) is 3. The van der Waals surface area contributed by atoms with E-state index in [9.17, 15) is 4.79 Å². The summed E-state index contributed by atoms with van der Waals surface area (Å²) in [5, 5.41) is 0. The van der Waals surface area contributed by atoms with Crippen molar-refractivity contribution >= 4 is 11.9 Å². The molecular weight excluding hydrogens is 288 g/mol. The Kier molecular flexibility index (Phi) is 9.00. The first kappa shape index (κ1) is 19.2. The molecule has 0 aliphatic heterocycles. The van der Waals surface area contributed by atoms with E-state index in [1.165, 1.54) is 16.7 Å². The van der Waals surface area contributed by atoms with Crippen molar-refractivity contribution in [1.82, 2.24) is 0 Å². The van der Waals surface area contributed by atoms with Crippen LogP contribution in [0.25, 0.3) is 5.57 Å². The van der Waals surface area contributed by atoms with Crippen molar-refractivity contribution in [2.24, 2.45) is 0 Å². The average molecular weight is 316 g/mol. The van der Waals surface area contributed by atoms with Gasteiger partial charge in [-0.2, -0.15) is 0 Å². The van der Waals surface area contributed by atoms with Crippen LogP contribution in [0.5, 0.6) is 5.75 Å². The third-order valence-electron chi connectivity index (χ3n) is 3.33.